The number of nitrogens with one attached hydrogen (secondary N) is 1. The number of hydrogen-bond acceptors (Lipinski definition) is 4. The third-order valence-corrected chi connectivity index (χ3v) is 3.32. The molecule has 2 aliphatic heterocycles. The smallest absolute Gasteiger partial charge is 0.395 e. The summed E-state index contributed by atoms with van der Waals surface area (Å²) in [6, 6.07) is 4.32. The number of hydrogen-bond donors (Lipinski definition) is 1. The highest BCUT2D eigenvalue weighted by Gasteiger charge is 2.43. The third kappa shape index (κ3) is 2.96. The van der Waals surface area contributed by atoms with Crippen molar-refractivity contribution in [1.82, 2.24) is 10.2 Å². The highest BCUT2D eigenvalue weighted by Crippen LogP contribution is 2.41. The molecule has 23 heavy (non-hydrogen) atoms. The van der Waals surface area contributed by atoms with Crippen LogP contribution in [-0.2, 0) is 4.79 Å². The SMILES string of the molecule is CCCN=C1N/C(=C\c2ccc3c(c2)OC(F)(F)O3)C(=O)N1C. The molecule has 1 saturated heterocycles. The first kappa shape index (κ1) is 15.3. The molecular weight excluding hydrogens is 308 g/mol. The van der Waals surface area contributed by atoms with Gasteiger partial charge in [-0.25, -0.2) is 0 Å². The first-order valence-corrected chi connectivity index (χ1v) is 7.11. The molecule has 1 fully saturated rings. The first-order chi connectivity index (χ1) is 10.9. The van der Waals surface area contributed by atoms with Gasteiger partial charge in [0, 0.05) is 13.6 Å². The molecule has 0 unspecified atom stereocenters. The van der Waals surface area contributed by atoms with Crippen molar-refractivity contribution in [1.29, 1.82) is 0 Å². The van der Waals surface area contributed by atoms with Gasteiger partial charge in [-0.1, -0.05) is 13.0 Å². The van der Waals surface area contributed by atoms with E-state index in [0.717, 1.165) is 6.42 Å². The van der Waals surface area contributed by atoms with Crippen LogP contribution in [0.3, 0.4) is 0 Å². The highest BCUT2D eigenvalue weighted by atomic mass is 19.3. The zero-order chi connectivity index (χ0) is 16.6. The lowest BCUT2D eigenvalue weighted by Gasteiger charge is -2.06. The standard InChI is InChI=1S/C15H15F2N3O3/c1-3-6-18-14-19-10(13(21)20(14)2)7-9-4-5-11-12(8-9)23-15(16,17)22-11/h4-5,7-8H,3,6H2,1-2H3,(H,18,19)/b10-7-. The van der Waals surface area contributed by atoms with Gasteiger partial charge in [-0.3, -0.25) is 14.7 Å². The van der Waals surface area contributed by atoms with Crippen LogP contribution < -0.4 is 14.8 Å². The average Bonchev–Trinajstić information content (AvgIpc) is 2.94. The predicted molar refractivity (Wildman–Crippen MR) is 79.1 cm³/mol. The second kappa shape index (κ2) is 5.53. The van der Waals surface area contributed by atoms with E-state index in [2.05, 4.69) is 19.8 Å². The molecule has 122 valence electrons. The summed E-state index contributed by atoms with van der Waals surface area (Å²) < 4.78 is 34.7. The van der Waals surface area contributed by atoms with Gasteiger partial charge in [0.15, 0.2) is 11.5 Å². The Morgan fingerprint density at radius 1 is 1.35 bits per heavy atom. The quantitative estimate of drug-likeness (QED) is 0.866. The molecule has 2 heterocycles. The van der Waals surface area contributed by atoms with E-state index in [1.165, 1.54) is 17.0 Å². The van der Waals surface area contributed by atoms with Crippen LogP contribution in [0.25, 0.3) is 6.08 Å². The fourth-order valence-electron chi connectivity index (χ4n) is 2.22. The molecule has 0 radical (unpaired) electrons. The van der Waals surface area contributed by atoms with Gasteiger partial charge in [0.05, 0.1) is 0 Å². The molecule has 2 aliphatic rings. The van der Waals surface area contributed by atoms with E-state index in [-0.39, 0.29) is 17.4 Å². The van der Waals surface area contributed by atoms with Crippen molar-refractivity contribution in [3.8, 4) is 11.5 Å². The molecule has 0 atom stereocenters. The number of ether oxygens (including phenoxy) is 2. The van der Waals surface area contributed by atoms with Crippen molar-refractivity contribution < 1.29 is 23.0 Å². The fourth-order valence-corrected chi connectivity index (χ4v) is 2.22. The fraction of sp³-hybridized carbons (Fsp3) is 0.333. The third-order valence-electron chi connectivity index (χ3n) is 3.32. The van der Waals surface area contributed by atoms with Gasteiger partial charge in [0.1, 0.15) is 5.70 Å². The number of nitrogens with zero attached hydrogens (tertiary/aromatic N) is 2. The number of benzene rings is 1. The van der Waals surface area contributed by atoms with Gasteiger partial charge >= 0.3 is 6.29 Å². The first-order valence-electron chi connectivity index (χ1n) is 7.11. The summed E-state index contributed by atoms with van der Waals surface area (Å²) in [5.74, 6) is 0.117. The highest BCUT2D eigenvalue weighted by molar-refractivity contribution is 6.15. The number of rotatable bonds is 3. The molecule has 0 aliphatic carbocycles. The molecule has 3 rings (SSSR count). The van der Waals surface area contributed by atoms with Crippen LogP contribution in [0.1, 0.15) is 18.9 Å². The maximum Gasteiger partial charge on any atom is 0.586 e. The lowest BCUT2D eigenvalue weighted by atomic mass is 10.1. The van der Waals surface area contributed by atoms with Crippen LogP contribution in [0.15, 0.2) is 28.9 Å². The zero-order valence-corrected chi connectivity index (χ0v) is 12.6. The number of carbonyl (C=O) groups excluding carboxylic acids is 1. The lowest BCUT2D eigenvalue weighted by molar-refractivity contribution is -0.286. The normalized spacial score (nSPS) is 22.1. The Morgan fingerprint density at radius 3 is 2.83 bits per heavy atom. The maximum atomic E-state index is 13.0. The molecular formula is C15H15F2N3O3. The van der Waals surface area contributed by atoms with Gasteiger partial charge in [-0.2, -0.15) is 0 Å². The van der Waals surface area contributed by atoms with Crippen LogP contribution in [0.5, 0.6) is 11.5 Å². The minimum Gasteiger partial charge on any atom is -0.395 e. The van der Waals surface area contributed by atoms with Crippen molar-refractivity contribution in [2.45, 2.75) is 19.6 Å². The van der Waals surface area contributed by atoms with Gasteiger partial charge in [-0.05, 0) is 30.2 Å². The van der Waals surface area contributed by atoms with Crippen molar-refractivity contribution in [3.63, 3.8) is 0 Å². The number of fused-ring (bicyclic) bond motifs is 1. The van der Waals surface area contributed by atoms with E-state index >= 15 is 0 Å². The summed E-state index contributed by atoms with van der Waals surface area (Å²) in [6.45, 7) is 2.59. The monoisotopic (exact) mass is 323 g/mol. The topological polar surface area (TPSA) is 63.2 Å². The van der Waals surface area contributed by atoms with Crippen LogP contribution in [0.4, 0.5) is 8.78 Å². The molecule has 1 N–H and O–H groups in total. The molecule has 0 bridgehead atoms. The van der Waals surface area contributed by atoms with Crippen LogP contribution in [0.2, 0.25) is 0 Å². The van der Waals surface area contributed by atoms with Gasteiger partial charge in [0.25, 0.3) is 5.91 Å². The summed E-state index contributed by atoms with van der Waals surface area (Å²) in [5.41, 5.74) is 0.846. The number of guanidine groups is 1. The number of amides is 1. The molecule has 0 spiro atoms. The summed E-state index contributed by atoms with van der Waals surface area (Å²) in [7, 11) is 1.62. The predicted octanol–water partition coefficient (Wildman–Crippen LogP) is 2.18. The van der Waals surface area contributed by atoms with Crippen molar-refractivity contribution >= 4 is 17.9 Å². The van der Waals surface area contributed by atoms with Gasteiger partial charge in [-0.15, -0.1) is 8.78 Å². The molecule has 0 saturated carbocycles. The Balaban J connectivity index is 1.84. The Hall–Kier alpha value is -2.64. The molecule has 0 aromatic heterocycles. The summed E-state index contributed by atoms with van der Waals surface area (Å²) in [5, 5.41) is 2.93. The maximum absolute atomic E-state index is 13.0. The Bertz CT molecular complexity index is 716. The van der Waals surface area contributed by atoms with E-state index in [1.807, 2.05) is 6.92 Å². The number of halogens is 2. The van der Waals surface area contributed by atoms with Crippen LogP contribution >= 0.6 is 0 Å². The largest absolute Gasteiger partial charge is 0.586 e. The molecule has 1 aromatic rings. The second-order valence-corrected chi connectivity index (χ2v) is 5.13. The molecule has 1 amide bonds. The van der Waals surface area contributed by atoms with E-state index in [4.69, 9.17) is 0 Å². The summed E-state index contributed by atoms with van der Waals surface area (Å²) >= 11 is 0. The zero-order valence-electron chi connectivity index (χ0n) is 12.6. The van der Waals surface area contributed by atoms with E-state index in [0.29, 0.717) is 23.8 Å². The van der Waals surface area contributed by atoms with Gasteiger partial charge < -0.3 is 14.8 Å². The Kier molecular flexibility index (Phi) is 3.67. The molecule has 8 heteroatoms. The van der Waals surface area contributed by atoms with Crippen LogP contribution in [0, 0.1) is 0 Å². The number of alkyl halides is 2. The van der Waals surface area contributed by atoms with E-state index in [1.54, 1.807) is 19.2 Å². The van der Waals surface area contributed by atoms with Crippen molar-refractivity contribution in [3.05, 3.63) is 29.5 Å². The summed E-state index contributed by atoms with van der Waals surface area (Å²) in [4.78, 5) is 17.8. The Morgan fingerprint density at radius 2 is 2.09 bits per heavy atom. The molecule has 1 aromatic carbocycles. The van der Waals surface area contributed by atoms with E-state index < -0.39 is 6.29 Å². The summed E-state index contributed by atoms with van der Waals surface area (Å²) in [6.07, 6.45) is -1.24. The van der Waals surface area contributed by atoms with Crippen molar-refractivity contribution in [2.24, 2.45) is 4.99 Å². The average molecular weight is 323 g/mol. The number of likely N-dealkylation sites (N-methyl/N-ethyl adjacent to an activating group) is 1. The minimum atomic E-state index is -3.66. The second-order valence-electron chi connectivity index (χ2n) is 5.13. The minimum absolute atomic E-state index is 0.0369. The Labute approximate surface area is 131 Å². The number of aliphatic imine (C=N–C) groups is 1. The van der Waals surface area contributed by atoms with Gasteiger partial charge in [0.2, 0.25) is 5.96 Å². The van der Waals surface area contributed by atoms with Crippen molar-refractivity contribution in [2.75, 3.05) is 13.6 Å². The van der Waals surface area contributed by atoms with Crippen LogP contribution in [-0.4, -0.2) is 36.7 Å². The number of carbonyl (C=O) groups is 1. The lowest BCUT2D eigenvalue weighted by Crippen LogP contribution is -2.28. The van der Waals surface area contributed by atoms with E-state index in [9.17, 15) is 13.6 Å². The molecule has 6 nitrogen and oxygen atoms in total.